The molecular formula is C11H9NO. The van der Waals surface area contributed by atoms with Crippen molar-refractivity contribution in [2.24, 2.45) is 5.73 Å². The van der Waals surface area contributed by atoms with E-state index in [1.165, 1.54) is 12.2 Å². The number of carbonyl (C=O) groups excluding carboxylic acids is 1. The van der Waals surface area contributed by atoms with Gasteiger partial charge < -0.3 is 5.73 Å². The summed E-state index contributed by atoms with van der Waals surface area (Å²) in [6, 6.07) is 9.52. The molecule has 2 N–H and O–H groups in total. The average Bonchev–Trinajstić information content (AvgIpc) is 2.14. The Morgan fingerprint density at radius 1 is 1.31 bits per heavy atom. The van der Waals surface area contributed by atoms with Crippen LogP contribution in [-0.4, -0.2) is 5.91 Å². The monoisotopic (exact) mass is 171 g/mol. The molecule has 0 saturated carbocycles. The summed E-state index contributed by atoms with van der Waals surface area (Å²) in [5.74, 6) is 5.07. The van der Waals surface area contributed by atoms with Gasteiger partial charge in [0.05, 0.1) is 0 Å². The van der Waals surface area contributed by atoms with Gasteiger partial charge in [0.1, 0.15) is 0 Å². The molecule has 0 bridgehead atoms. The fraction of sp³-hybridized carbons (Fsp3) is 0. The Balaban J connectivity index is 2.64. The largest absolute Gasteiger partial charge is 0.366 e. The molecule has 2 heteroatoms. The van der Waals surface area contributed by atoms with Crippen molar-refractivity contribution in [2.45, 2.75) is 0 Å². The first-order valence-corrected chi connectivity index (χ1v) is 3.81. The molecular weight excluding hydrogens is 162 g/mol. The van der Waals surface area contributed by atoms with Gasteiger partial charge >= 0.3 is 0 Å². The molecule has 0 atom stereocenters. The molecule has 0 aromatic heterocycles. The minimum atomic E-state index is -0.484. The highest BCUT2D eigenvalue weighted by Crippen LogP contribution is 1.94. The van der Waals surface area contributed by atoms with Crippen molar-refractivity contribution < 1.29 is 4.79 Å². The van der Waals surface area contributed by atoms with Crippen LogP contribution in [0, 0.1) is 11.8 Å². The van der Waals surface area contributed by atoms with E-state index in [4.69, 9.17) is 5.73 Å². The van der Waals surface area contributed by atoms with Gasteiger partial charge in [0.25, 0.3) is 0 Å². The molecule has 0 fully saturated rings. The Labute approximate surface area is 77.1 Å². The minimum Gasteiger partial charge on any atom is -0.366 e. The lowest BCUT2D eigenvalue weighted by Crippen LogP contribution is -2.04. The van der Waals surface area contributed by atoms with Crippen molar-refractivity contribution in [1.29, 1.82) is 0 Å². The van der Waals surface area contributed by atoms with Gasteiger partial charge in [0, 0.05) is 11.6 Å². The lowest BCUT2D eigenvalue weighted by molar-refractivity contribution is -0.113. The van der Waals surface area contributed by atoms with Crippen LogP contribution in [0.15, 0.2) is 42.5 Å². The van der Waals surface area contributed by atoms with E-state index in [9.17, 15) is 4.79 Å². The van der Waals surface area contributed by atoms with Crippen molar-refractivity contribution in [3.05, 3.63) is 48.0 Å². The second-order valence-electron chi connectivity index (χ2n) is 2.37. The smallest absolute Gasteiger partial charge is 0.242 e. The van der Waals surface area contributed by atoms with Gasteiger partial charge in [-0.2, -0.15) is 0 Å². The minimum absolute atomic E-state index is 0.484. The van der Waals surface area contributed by atoms with Crippen LogP contribution < -0.4 is 5.73 Å². The SMILES string of the molecule is NC(=O)/C=C\C#Cc1ccccc1. The summed E-state index contributed by atoms with van der Waals surface area (Å²) in [6.45, 7) is 0. The summed E-state index contributed by atoms with van der Waals surface area (Å²) in [6.07, 6.45) is 2.67. The van der Waals surface area contributed by atoms with E-state index in [-0.39, 0.29) is 0 Å². The topological polar surface area (TPSA) is 43.1 Å². The van der Waals surface area contributed by atoms with Gasteiger partial charge in [-0.1, -0.05) is 30.0 Å². The highest BCUT2D eigenvalue weighted by atomic mass is 16.1. The lowest BCUT2D eigenvalue weighted by atomic mass is 10.2. The third kappa shape index (κ3) is 3.78. The van der Waals surface area contributed by atoms with Gasteiger partial charge in [0.15, 0.2) is 0 Å². The number of amides is 1. The molecule has 0 spiro atoms. The molecule has 0 radical (unpaired) electrons. The second kappa shape index (κ2) is 4.78. The van der Waals surface area contributed by atoms with E-state index >= 15 is 0 Å². The van der Waals surface area contributed by atoms with Crippen LogP contribution >= 0.6 is 0 Å². The Kier molecular flexibility index (Phi) is 3.34. The van der Waals surface area contributed by atoms with E-state index in [0.29, 0.717) is 0 Å². The summed E-state index contributed by atoms with van der Waals surface area (Å²) >= 11 is 0. The molecule has 0 aliphatic rings. The van der Waals surface area contributed by atoms with Crippen LogP contribution in [0.25, 0.3) is 0 Å². The van der Waals surface area contributed by atoms with Crippen LogP contribution in [-0.2, 0) is 4.79 Å². The second-order valence-corrected chi connectivity index (χ2v) is 2.37. The molecule has 0 saturated heterocycles. The van der Waals surface area contributed by atoms with Crippen molar-refractivity contribution in [3.8, 4) is 11.8 Å². The van der Waals surface area contributed by atoms with E-state index < -0.39 is 5.91 Å². The van der Waals surface area contributed by atoms with Crippen molar-refractivity contribution in [3.63, 3.8) is 0 Å². The number of rotatable bonds is 1. The summed E-state index contributed by atoms with van der Waals surface area (Å²) in [4.78, 5) is 10.3. The molecule has 1 amide bonds. The molecule has 0 aliphatic heterocycles. The van der Waals surface area contributed by atoms with Crippen LogP contribution in [0.2, 0.25) is 0 Å². The number of carbonyl (C=O) groups is 1. The first-order valence-electron chi connectivity index (χ1n) is 3.81. The molecule has 0 heterocycles. The van der Waals surface area contributed by atoms with E-state index in [2.05, 4.69) is 11.8 Å². The third-order valence-corrected chi connectivity index (χ3v) is 1.32. The molecule has 1 aromatic rings. The van der Waals surface area contributed by atoms with Crippen LogP contribution in [0.4, 0.5) is 0 Å². The predicted molar refractivity (Wildman–Crippen MR) is 51.7 cm³/mol. The number of hydrogen-bond donors (Lipinski definition) is 1. The normalized spacial score (nSPS) is 9.23. The Morgan fingerprint density at radius 3 is 2.62 bits per heavy atom. The van der Waals surface area contributed by atoms with Crippen molar-refractivity contribution in [2.75, 3.05) is 0 Å². The maximum absolute atomic E-state index is 10.3. The van der Waals surface area contributed by atoms with Crippen molar-refractivity contribution >= 4 is 5.91 Å². The Bertz CT molecular complexity index is 368. The molecule has 2 nitrogen and oxygen atoms in total. The Morgan fingerprint density at radius 2 is 2.00 bits per heavy atom. The van der Waals surface area contributed by atoms with Crippen LogP contribution in [0.3, 0.4) is 0 Å². The summed E-state index contributed by atoms with van der Waals surface area (Å²) in [7, 11) is 0. The quantitative estimate of drug-likeness (QED) is 0.498. The highest BCUT2D eigenvalue weighted by molar-refractivity contribution is 5.86. The number of benzene rings is 1. The number of hydrogen-bond acceptors (Lipinski definition) is 1. The zero-order valence-electron chi connectivity index (χ0n) is 7.03. The first-order chi connectivity index (χ1) is 6.29. The summed E-state index contributed by atoms with van der Waals surface area (Å²) in [5, 5.41) is 0. The average molecular weight is 171 g/mol. The lowest BCUT2D eigenvalue weighted by Gasteiger charge is -1.84. The van der Waals surface area contributed by atoms with Crippen LogP contribution in [0.1, 0.15) is 5.56 Å². The van der Waals surface area contributed by atoms with Gasteiger partial charge in [-0.15, -0.1) is 0 Å². The maximum atomic E-state index is 10.3. The maximum Gasteiger partial charge on any atom is 0.242 e. The van der Waals surface area contributed by atoms with E-state index in [1.807, 2.05) is 30.3 Å². The molecule has 13 heavy (non-hydrogen) atoms. The molecule has 1 rings (SSSR count). The molecule has 64 valence electrons. The molecule has 0 aliphatic carbocycles. The number of primary amides is 1. The fourth-order valence-electron chi connectivity index (χ4n) is 0.770. The standard InChI is InChI=1S/C11H9NO/c12-11(13)9-5-4-8-10-6-2-1-3-7-10/h1-3,5-7,9H,(H2,12,13)/b9-5-. The van der Waals surface area contributed by atoms with Crippen LogP contribution in [0.5, 0.6) is 0 Å². The highest BCUT2D eigenvalue weighted by Gasteiger charge is 1.80. The Hall–Kier alpha value is -2.01. The molecule has 0 unspecified atom stereocenters. The zero-order valence-corrected chi connectivity index (χ0v) is 7.03. The van der Waals surface area contributed by atoms with E-state index in [1.54, 1.807) is 0 Å². The first kappa shape index (κ1) is 9.08. The number of allylic oxidation sites excluding steroid dienone is 1. The molecule has 1 aromatic carbocycles. The number of nitrogens with two attached hydrogens (primary N) is 1. The van der Waals surface area contributed by atoms with Gasteiger partial charge in [0.2, 0.25) is 5.91 Å². The zero-order chi connectivity index (χ0) is 9.52. The third-order valence-electron chi connectivity index (χ3n) is 1.32. The van der Waals surface area contributed by atoms with Gasteiger partial charge in [-0.25, -0.2) is 0 Å². The van der Waals surface area contributed by atoms with Gasteiger partial charge in [-0.3, -0.25) is 4.79 Å². The summed E-state index contributed by atoms with van der Waals surface area (Å²) in [5.41, 5.74) is 5.79. The van der Waals surface area contributed by atoms with Gasteiger partial charge in [-0.05, 0) is 18.2 Å². The van der Waals surface area contributed by atoms with Crippen molar-refractivity contribution in [1.82, 2.24) is 0 Å². The predicted octanol–water partition coefficient (Wildman–Crippen LogP) is 1.08. The summed E-state index contributed by atoms with van der Waals surface area (Å²) < 4.78 is 0. The van der Waals surface area contributed by atoms with E-state index in [0.717, 1.165) is 5.56 Å². The fourth-order valence-corrected chi connectivity index (χ4v) is 0.770.